The van der Waals surface area contributed by atoms with Gasteiger partial charge in [0.25, 0.3) is 7.82 Å². The molecule has 0 aliphatic carbocycles. The molecular weight excluding hydrogens is 834 g/mol. The summed E-state index contributed by atoms with van der Waals surface area (Å²) in [6, 6.07) is 0. The summed E-state index contributed by atoms with van der Waals surface area (Å²) in [5.74, 6) is -0.845. The SMILES string of the molecule is CCCCC/C=C\C/C=C\CCCCCCCC(=O)O[C@H](COC(=O)CCCCCCCCCCCCCCC)COP(=O)([O-])OCC.CCCC[N+](CCCC)(CCCC)CCCC. The van der Waals surface area contributed by atoms with E-state index in [9.17, 15) is 19.0 Å². The van der Waals surface area contributed by atoms with E-state index >= 15 is 0 Å². The van der Waals surface area contributed by atoms with Crippen molar-refractivity contribution in [1.82, 2.24) is 0 Å². The van der Waals surface area contributed by atoms with E-state index in [2.05, 4.69) is 70.4 Å². The Morgan fingerprint density at radius 2 is 0.831 bits per heavy atom. The number of phosphoric acid groups is 1. The zero-order valence-electron chi connectivity index (χ0n) is 44.0. The van der Waals surface area contributed by atoms with Gasteiger partial charge in [-0.05, 0) is 77.6 Å². The maximum atomic E-state index is 12.5. The van der Waals surface area contributed by atoms with Gasteiger partial charge in [-0.3, -0.25) is 14.2 Å². The molecule has 0 radical (unpaired) electrons. The molecule has 0 heterocycles. The van der Waals surface area contributed by atoms with Gasteiger partial charge < -0.3 is 27.9 Å². The molecule has 0 bridgehead atoms. The van der Waals surface area contributed by atoms with Gasteiger partial charge in [0.2, 0.25) is 0 Å². The van der Waals surface area contributed by atoms with Gasteiger partial charge in [-0.25, -0.2) is 0 Å². The van der Waals surface area contributed by atoms with Crippen LogP contribution < -0.4 is 4.89 Å². The number of quaternary nitrogens is 1. The number of allylic oxidation sites excluding steroid dienone is 4. The average molecular weight is 942 g/mol. The highest BCUT2D eigenvalue weighted by Crippen LogP contribution is 2.38. The Bertz CT molecular complexity index is 1090. The Hall–Kier alpha value is -1.51. The molecule has 9 nitrogen and oxygen atoms in total. The first-order chi connectivity index (χ1) is 31.6. The molecule has 65 heavy (non-hydrogen) atoms. The third-order valence-electron chi connectivity index (χ3n) is 12.2. The monoisotopic (exact) mass is 942 g/mol. The summed E-state index contributed by atoms with van der Waals surface area (Å²) in [7, 11) is -4.52. The Balaban J connectivity index is 0. The summed E-state index contributed by atoms with van der Waals surface area (Å²) in [4.78, 5) is 36.7. The zero-order valence-corrected chi connectivity index (χ0v) is 44.9. The number of phosphoric ester groups is 1. The van der Waals surface area contributed by atoms with E-state index in [0.717, 1.165) is 57.8 Å². The summed E-state index contributed by atoms with van der Waals surface area (Å²) in [5.41, 5.74) is 0. The molecular formula is C55H108NO8P. The normalized spacial score (nSPS) is 13.2. The summed E-state index contributed by atoms with van der Waals surface area (Å²) >= 11 is 0. The number of carbonyl (C=O) groups is 2. The van der Waals surface area contributed by atoms with Gasteiger partial charge >= 0.3 is 11.9 Å². The number of rotatable bonds is 48. The van der Waals surface area contributed by atoms with Gasteiger partial charge in [0, 0.05) is 12.8 Å². The van der Waals surface area contributed by atoms with Crippen LogP contribution in [0.4, 0.5) is 0 Å². The van der Waals surface area contributed by atoms with Crippen LogP contribution in [-0.4, -0.2) is 68.5 Å². The van der Waals surface area contributed by atoms with E-state index in [0.29, 0.717) is 6.42 Å². The molecule has 0 aliphatic rings. The van der Waals surface area contributed by atoms with Crippen LogP contribution in [0.15, 0.2) is 24.3 Å². The van der Waals surface area contributed by atoms with E-state index in [1.807, 2.05) is 0 Å². The molecule has 1 unspecified atom stereocenters. The van der Waals surface area contributed by atoms with E-state index in [-0.39, 0.29) is 32.0 Å². The van der Waals surface area contributed by atoms with Crippen molar-refractivity contribution in [2.24, 2.45) is 0 Å². The standard InChI is InChI=1S/C39H73O8P.C16H36N/c1-4-7-9-11-13-15-17-19-20-22-24-26-28-30-32-34-39(41)47-37(36-46-48(42,43)45-6-3)35-44-38(40)33-31-29-27-25-23-21-18-16-14-12-10-8-5-2;1-5-9-13-17(14-10-6-2,15-11-7-3)16-12-8-4/h13,15,19-20,37H,4-12,14,16-18,21-36H2,1-3H3,(H,42,43);5-16H2,1-4H3/q;+1/p-1/b15-13-,20-19-;/t37-;/m1./s1. The number of esters is 2. The lowest BCUT2D eigenvalue weighted by Gasteiger charge is -2.39. The topological polar surface area (TPSA) is 111 Å². The molecule has 0 aromatic carbocycles. The fraction of sp³-hybridized carbons (Fsp3) is 0.891. The Labute approximate surface area is 403 Å². The lowest BCUT2D eigenvalue weighted by molar-refractivity contribution is -0.929. The van der Waals surface area contributed by atoms with Crippen molar-refractivity contribution in [2.75, 3.05) is 46.0 Å². The molecule has 0 saturated carbocycles. The fourth-order valence-corrected chi connectivity index (χ4v) is 8.74. The molecule has 0 fully saturated rings. The Kier molecular flexibility index (Phi) is 50.8. The smallest absolute Gasteiger partial charge is 0.306 e. The van der Waals surface area contributed by atoms with E-state index in [1.54, 1.807) is 0 Å². The number of hydrogen-bond acceptors (Lipinski definition) is 8. The second-order valence-corrected chi connectivity index (χ2v) is 20.0. The molecule has 0 aromatic rings. The number of nitrogens with zero attached hydrogens (tertiary/aromatic N) is 1. The highest BCUT2D eigenvalue weighted by Gasteiger charge is 2.25. The Morgan fingerprint density at radius 3 is 1.26 bits per heavy atom. The van der Waals surface area contributed by atoms with E-state index < -0.39 is 26.5 Å². The lowest BCUT2D eigenvalue weighted by atomic mass is 10.0. The van der Waals surface area contributed by atoms with Crippen LogP contribution in [0.25, 0.3) is 0 Å². The molecule has 0 amide bonds. The van der Waals surface area contributed by atoms with Crippen molar-refractivity contribution in [3.05, 3.63) is 24.3 Å². The van der Waals surface area contributed by atoms with Crippen LogP contribution in [-0.2, 0) is 32.7 Å². The van der Waals surface area contributed by atoms with Crippen LogP contribution in [0, 0.1) is 0 Å². The van der Waals surface area contributed by atoms with Gasteiger partial charge in [0.15, 0.2) is 6.10 Å². The van der Waals surface area contributed by atoms with Gasteiger partial charge in [-0.2, -0.15) is 0 Å². The first-order valence-corrected chi connectivity index (χ1v) is 29.1. The van der Waals surface area contributed by atoms with E-state index in [4.69, 9.17) is 14.0 Å². The summed E-state index contributed by atoms with van der Waals surface area (Å²) in [6.07, 6.45) is 47.4. The van der Waals surface area contributed by atoms with Gasteiger partial charge in [-0.1, -0.05) is 201 Å². The highest BCUT2D eigenvalue weighted by molar-refractivity contribution is 7.45. The molecule has 0 saturated heterocycles. The first-order valence-electron chi connectivity index (χ1n) is 27.7. The minimum Gasteiger partial charge on any atom is -0.756 e. The molecule has 0 spiro atoms. The first kappa shape index (κ1) is 65.6. The molecule has 0 rings (SSSR count). The van der Waals surface area contributed by atoms with Crippen molar-refractivity contribution in [3.63, 3.8) is 0 Å². The van der Waals surface area contributed by atoms with Gasteiger partial charge in [0.1, 0.15) is 6.61 Å². The van der Waals surface area contributed by atoms with Crippen LogP contribution in [0.3, 0.4) is 0 Å². The summed E-state index contributed by atoms with van der Waals surface area (Å²) in [6.45, 7) is 20.3. The second-order valence-electron chi connectivity index (χ2n) is 18.6. The van der Waals surface area contributed by atoms with E-state index in [1.165, 1.54) is 179 Å². The maximum absolute atomic E-state index is 12.5. The quantitative estimate of drug-likeness (QED) is 0.0195. The fourth-order valence-electron chi connectivity index (χ4n) is 8.00. The van der Waals surface area contributed by atoms with Crippen LogP contribution in [0.2, 0.25) is 0 Å². The third kappa shape index (κ3) is 47.4. The van der Waals surface area contributed by atoms with Gasteiger partial charge in [0.05, 0.1) is 39.4 Å². The summed E-state index contributed by atoms with van der Waals surface area (Å²) < 4.78 is 33.6. The average Bonchev–Trinajstić information content (AvgIpc) is 3.29. The molecule has 0 N–H and O–H groups in total. The van der Waals surface area contributed by atoms with Crippen LogP contribution >= 0.6 is 7.82 Å². The number of ether oxygens (including phenoxy) is 2. The molecule has 0 aliphatic heterocycles. The Morgan fingerprint density at radius 1 is 0.462 bits per heavy atom. The summed E-state index contributed by atoms with van der Waals surface area (Å²) in [5, 5.41) is 0. The molecule has 2 atom stereocenters. The number of carbonyl (C=O) groups excluding carboxylic acids is 2. The highest BCUT2D eigenvalue weighted by atomic mass is 31.2. The van der Waals surface area contributed by atoms with Crippen molar-refractivity contribution in [1.29, 1.82) is 0 Å². The number of unbranched alkanes of at least 4 members (excludes halogenated alkanes) is 24. The van der Waals surface area contributed by atoms with Crippen molar-refractivity contribution >= 4 is 19.8 Å². The lowest BCUT2D eigenvalue weighted by Crippen LogP contribution is -2.50. The van der Waals surface area contributed by atoms with Crippen molar-refractivity contribution in [2.45, 2.75) is 273 Å². The minimum atomic E-state index is -4.52. The van der Waals surface area contributed by atoms with Crippen LogP contribution in [0.1, 0.15) is 267 Å². The number of hydrogen-bond donors (Lipinski definition) is 0. The van der Waals surface area contributed by atoms with Gasteiger partial charge in [-0.15, -0.1) is 0 Å². The molecule has 10 heteroatoms. The third-order valence-corrected chi connectivity index (χ3v) is 13.2. The minimum absolute atomic E-state index is 0.0633. The molecule has 0 aromatic heterocycles. The maximum Gasteiger partial charge on any atom is 0.306 e. The van der Waals surface area contributed by atoms with Crippen molar-refractivity contribution < 1.29 is 42.1 Å². The second kappa shape index (κ2) is 50.4. The predicted octanol–water partition coefficient (Wildman–Crippen LogP) is 16.3. The van der Waals surface area contributed by atoms with Crippen LogP contribution in [0.5, 0.6) is 0 Å². The zero-order chi connectivity index (χ0) is 48.4. The molecule has 386 valence electrons. The largest absolute Gasteiger partial charge is 0.756 e. The predicted molar refractivity (Wildman–Crippen MR) is 275 cm³/mol. The van der Waals surface area contributed by atoms with Crippen molar-refractivity contribution in [3.8, 4) is 0 Å².